The first-order chi connectivity index (χ1) is 19.0. The smallest absolute Gasteiger partial charge is 0.305 e. The third-order valence-corrected chi connectivity index (χ3v) is 8.99. The summed E-state index contributed by atoms with van der Waals surface area (Å²) in [5, 5.41) is 25.1. The fourth-order valence-corrected chi connectivity index (χ4v) is 6.84. The maximum atomic E-state index is 13.7. The minimum atomic E-state index is -4.10. The van der Waals surface area contributed by atoms with Crippen molar-refractivity contribution < 1.29 is 32.8 Å². The number of carbonyl (C=O) groups is 3. The summed E-state index contributed by atoms with van der Waals surface area (Å²) in [6, 6.07) is 15.8. The number of hydrogen-bond acceptors (Lipinski definition) is 8. The summed E-state index contributed by atoms with van der Waals surface area (Å²) >= 11 is 1.35. The van der Waals surface area contributed by atoms with Gasteiger partial charge in [-0.1, -0.05) is 48.5 Å². The fourth-order valence-electron chi connectivity index (χ4n) is 4.49. The van der Waals surface area contributed by atoms with Crippen LogP contribution in [0.15, 0.2) is 72.1 Å². The van der Waals surface area contributed by atoms with Crippen LogP contribution in [0.5, 0.6) is 0 Å². The first-order valence-electron chi connectivity index (χ1n) is 12.2. The molecule has 3 aromatic rings. The number of thiophene rings is 1. The van der Waals surface area contributed by atoms with Crippen LogP contribution in [0.2, 0.25) is 0 Å². The number of carboxylic acid groups (broad SMARTS) is 1. The van der Waals surface area contributed by atoms with Gasteiger partial charge in [-0.2, -0.15) is 4.31 Å². The molecule has 40 heavy (non-hydrogen) atoms. The molecule has 4 rings (SSSR count). The fraction of sp³-hybridized carbons (Fsp3) is 0.269. The van der Waals surface area contributed by atoms with Gasteiger partial charge in [0.1, 0.15) is 0 Å². The van der Waals surface area contributed by atoms with Crippen LogP contribution >= 0.6 is 11.3 Å². The second-order valence-corrected chi connectivity index (χ2v) is 12.0. The standard InChI is InChI=1S/C26H26N4O8S2/c31-23(15-21-10-5-13-39-21)28-11-12-29(40(37,38)17-18-6-2-1-3-7-18)26(28)25(34)27-22(16-24(32)33)19-8-4-9-20(14-19)30(35)36/h1-10,13-14,22,26H,11-12,15-17H2,(H,27,34)(H,32,33). The highest BCUT2D eigenvalue weighted by Gasteiger charge is 2.46. The van der Waals surface area contributed by atoms with Gasteiger partial charge in [0.15, 0.2) is 6.17 Å². The summed E-state index contributed by atoms with van der Waals surface area (Å²) in [5.41, 5.74) is 0.339. The van der Waals surface area contributed by atoms with Crippen LogP contribution < -0.4 is 5.32 Å². The number of carbonyl (C=O) groups excluding carboxylic acids is 2. The van der Waals surface area contributed by atoms with Crippen molar-refractivity contribution in [2.75, 3.05) is 13.1 Å². The molecule has 1 fully saturated rings. The van der Waals surface area contributed by atoms with Crippen LogP contribution in [0.25, 0.3) is 0 Å². The molecule has 1 aliphatic heterocycles. The van der Waals surface area contributed by atoms with E-state index in [9.17, 15) is 38.0 Å². The van der Waals surface area contributed by atoms with Crippen molar-refractivity contribution >= 4 is 44.8 Å². The molecule has 1 aromatic heterocycles. The van der Waals surface area contributed by atoms with Crippen molar-refractivity contribution in [3.63, 3.8) is 0 Å². The molecular formula is C26H26N4O8S2. The predicted octanol–water partition coefficient (Wildman–Crippen LogP) is 2.53. The van der Waals surface area contributed by atoms with E-state index in [1.54, 1.807) is 47.8 Å². The topological polar surface area (TPSA) is 167 Å². The molecule has 0 saturated carbocycles. The Morgan fingerprint density at radius 1 is 1.07 bits per heavy atom. The quantitative estimate of drug-likeness (QED) is 0.255. The number of carboxylic acids is 1. The Balaban J connectivity index is 1.66. The molecule has 2 amide bonds. The summed E-state index contributed by atoms with van der Waals surface area (Å²) in [5.74, 6) is -3.08. The van der Waals surface area contributed by atoms with Crippen LogP contribution in [-0.2, 0) is 36.6 Å². The van der Waals surface area contributed by atoms with Crippen molar-refractivity contribution in [2.24, 2.45) is 0 Å². The Labute approximate surface area is 234 Å². The van der Waals surface area contributed by atoms with E-state index >= 15 is 0 Å². The average molecular weight is 587 g/mol. The van der Waals surface area contributed by atoms with Gasteiger partial charge < -0.3 is 15.3 Å². The molecule has 1 aliphatic rings. The van der Waals surface area contributed by atoms with Crippen molar-refractivity contribution in [2.45, 2.75) is 30.8 Å². The van der Waals surface area contributed by atoms with Crippen LogP contribution in [0.4, 0.5) is 5.69 Å². The van der Waals surface area contributed by atoms with Crippen LogP contribution in [0, 0.1) is 10.1 Å². The number of nitro groups is 1. The number of nitro benzene ring substituents is 1. The van der Waals surface area contributed by atoms with Crippen LogP contribution in [0.3, 0.4) is 0 Å². The van der Waals surface area contributed by atoms with E-state index in [-0.39, 0.29) is 30.8 Å². The highest BCUT2D eigenvalue weighted by atomic mass is 32.2. The van der Waals surface area contributed by atoms with Crippen molar-refractivity contribution in [1.29, 1.82) is 0 Å². The van der Waals surface area contributed by atoms with E-state index in [0.717, 1.165) is 15.2 Å². The number of nitrogens with one attached hydrogen (secondary N) is 1. The monoisotopic (exact) mass is 586 g/mol. The van der Waals surface area contributed by atoms with Crippen molar-refractivity contribution in [3.8, 4) is 0 Å². The Hall–Kier alpha value is -4.14. The third kappa shape index (κ3) is 6.89. The van der Waals surface area contributed by atoms with E-state index in [1.807, 2.05) is 0 Å². The molecule has 12 nitrogen and oxygen atoms in total. The lowest BCUT2D eigenvalue weighted by Gasteiger charge is -2.30. The molecule has 1 saturated heterocycles. The van der Waals surface area contributed by atoms with Gasteiger partial charge in [0, 0.05) is 30.1 Å². The molecule has 2 atom stereocenters. The zero-order chi connectivity index (χ0) is 28.9. The molecule has 0 spiro atoms. The molecule has 0 radical (unpaired) electrons. The number of sulfonamides is 1. The number of amides is 2. The largest absolute Gasteiger partial charge is 0.481 e. The van der Waals surface area contributed by atoms with Gasteiger partial charge in [-0.15, -0.1) is 11.3 Å². The molecule has 14 heteroatoms. The Morgan fingerprint density at radius 3 is 2.48 bits per heavy atom. The second kappa shape index (κ2) is 12.4. The first-order valence-corrected chi connectivity index (χ1v) is 14.7. The summed E-state index contributed by atoms with van der Waals surface area (Å²) < 4.78 is 27.9. The third-order valence-electron chi connectivity index (χ3n) is 6.32. The number of hydrogen-bond donors (Lipinski definition) is 2. The molecular weight excluding hydrogens is 560 g/mol. The lowest BCUT2D eigenvalue weighted by Crippen LogP contribution is -2.54. The van der Waals surface area contributed by atoms with Gasteiger partial charge in [0.05, 0.1) is 29.6 Å². The highest BCUT2D eigenvalue weighted by Crippen LogP contribution is 2.27. The number of non-ortho nitro benzene ring substituents is 1. The minimum absolute atomic E-state index is 0.0442. The summed E-state index contributed by atoms with van der Waals surface area (Å²) in [6.07, 6.45) is -2.24. The number of rotatable bonds is 11. The molecule has 2 aromatic carbocycles. The van der Waals surface area contributed by atoms with E-state index in [2.05, 4.69) is 5.32 Å². The average Bonchev–Trinajstić information content (AvgIpc) is 3.59. The lowest BCUT2D eigenvalue weighted by atomic mass is 10.0. The predicted molar refractivity (Wildman–Crippen MR) is 146 cm³/mol. The van der Waals surface area contributed by atoms with E-state index in [1.165, 1.54) is 34.4 Å². The Kier molecular flexibility index (Phi) is 8.92. The van der Waals surface area contributed by atoms with Gasteiger partial charge in [0.2, 0.25) is 15.9 Å². The van der Waals surface area contributed by atoms with Gasteiger partial charge in [0.25, 0.3) is 11.6 Å². The maximum Gasteiger partial charge on any atom is 0.305 e. The molecule has 0 bridgehead atoms. The molecule has 210 valence electrons. The molecule has 2 heterocycles. The molecule has 2 unspecified atom stereocenters. The van der Waals surface area contributed by atoms with Crippen molar-refractivity contribution in [1.82, 2.24) is 14.5 Å². The normalized spacial score (nSPS) is 16.4. The molecule has 2 N–H and O–H groups in total. The molecule has 0 aliphatic carbocycles. The number of benzene rings is 2. The highest BCUT2D eigenvalue weighted by molar-refractivity contribution is 7.88. The van der Waals surface area contributed by atoms with Gasteiger partial charge in [-0.3, -0.25) is 24.5 Å². The lowest BCUT2D eigenvalue weighted by molar-refractivity contribution is -0.384. The minimum Gasteiger partial charge on any atom is -0.481 e. The van der Waals surface area contributed by atoms with Gasteiger partial charge in [-0.25, -0.2) is 8.42 Å². The number of nitrogens with zero attached hydrogens (tertiary/aromatic N) is 3. The van der Waals surface area contributed by atoms with Gasteiger partial charge in [-0.05, 0) is 22.6 Å². The summed E-state index contributed by atoms with van der Waals surface area (Å²) in [7, 11) is -4.10. The van der Waals surface area contributed by atoms with E-state index in [0.29, 0.717) is 5.56 Å². The van der Waals surface area contributed by atoms with E-state index < -0.39 is 57.1 Å². The zero-order valence-electron chi connectivity index (χ0n) is 21.1. The van der Waals surface area contributed by atoms with Crippen LogP contribution in [-0.4, -0.2) is 64.7 Å². The Bertz CT molecular complexity index is 1500. The maximum absolute atomic E-state index is 13.7. The SMILES string of the molecule is O=C(O)CC(NC(=O)C1N(C(=O)Cc2cccs2)CCN1S(=O)(=O)Cc1ccccc1)c1cccc([N+](=O)[O-])c1. The number of aliphatic carboxylic acids is 1. The zero-order valence-corrected chi connectivity index (χ0v) is 22.7. The van der Waals surface area contributed by atoms with Crippen LogP contribution in [0.1, 0.15) is 28.5 Å². The summed E-state index contributed by atoms with van der Waals surface area (Å²) in [6.45, 7) is -0.180. The van der Waals surface area contributed by atoms with E-state index in [4.69, 9.17) is 0 Å². The van der Waals surface area contributed by atoms with Crippen molar-refractivity contribution in [3.05, 3.63) is 98.2 Å². The second-order valence-electron chi connectivity index (χ2n) is 9.08. The first kappa shape index (κ1) is 28.9. The summed E-state index contributed by atoms with van der Waals surface area (Å²) in [4.78, 5) is 51.1. The Morgan fingerprint density at radius 2 is 1.82 bits per heavy atom. The van der Waals surface area contributed by atoms with Gasteiger partial charge >= 0.3 is 5.97 Å².